The predicted octanol–water partition coefficient (Wildman–Crippen LogP) is 3.62. The van der Waals surface area contributed by atoms with Gasteiger partial charge in [0, 0.05) is 17.8 Å². The molecule has 0 spiro atoms. The number of benzene rings is 3. The SMILES string of the molecule is O=C(CSc1nnc(-c2ccccc2)n1-c1ccccc1)NCCS(=O)(=O)c1ccccc1. The van der Waals surface area contributed by atoms with Gasteiger partial charge >= 0.3 is 0 Å². The molecule has 0 radical (unpaired) electrons. The van der Waals surface area contributed by atoms with Gasteiger partial charge in [0.15, 0.2) is 20.8 Å². The Balaban J connectivity index is 1.42. The number of nitrogens with zero attached hydrogens (tertiary/aromatic N) is 3. The Hall–Kier alpha value is -3.43. The number of rotatable bonds is 9. The average molecular weight is 479 g/mol. The fraction of sp³-hybridized carbons (Fsp3) is 0.125. The van der Waals surface area contributed by atoms with E-state index in [0.717, 1.165) is 11.3 Å². The molecular weight excluding hydrogens is 456 g/mol. The van der Waals surface area contributed by atoms with Gasteiger partial charge in [-0.1, -0.05) is 78.5 Å². The molecule has 33 heavy (non-hydrogen) atoms. The number of para-hydroxylation sites is 1. The summed E-state index contributed by atoms with van der Waals surface area (Å²) >= 11 is 1.25. The standard InChI is InChI=1S/C24H22N4O3S2/c29-22(25-16-17-33(30,31)21-14-8-3-9-15-21)18-32-24-27-26-23(19-10-4-1-5-11-19)28(24)20-12-6-2-7-13-20/h1-15H,16-18H2,(H,25,29). The largest absolute Gasteiger partial charge is 0.354 e. The third-order valence-corrected chi connectivity index (χ3v) is 7.47. The molecule has 4 rings (SSSR count). The Kier molecular flexibility index (Phi) is 7.21. The molecule has 0 unspecified atom stereocenters. The van der Waals surface area contributed by atoms with E-state index >= 15 is 0 Å². The zero-order valence-corrected chi connectivity index (χ0v) is 19.3. The highest BCUT2D eigenvalue weighted by atomic mass is 32.2. The lowest BCUT2D eigenvalue weighted by Gasteiger charge is -2.10. The first-order chi connectivity index (χ1) is 16.0. The fourth-order valence-electron chi connectivity index (χ4n) is 3.20. The zero-order valence-electron chi connectivity index (χ0n) is 17.7. The van der Waals surface area contributed by atoms with Crippen LogP contribution >= 0.6 is 11.8 Å². The van der Waals surface area contributed by atoms with E-state index in [-0.39, 0.29) is 28.9 Å². The Labute approximate surface area is 196 Å². The second-order valence-corrected chi connectivity index (χ2v) is 10.2. The fourth-order valence-corrected chi connectivity index (χ4v) is 5.16. The van der Waals surface area contributed by atoms with Gasteiger partial charge in [-0.15, -0.1) is 10.2 Å². The second kappa shape index (κ2) is 10.5. The van der Waals surface area contributed by atoms with E-state index in [0.29, 0.717) is 11.0 Å². The van der Waals surface area contributed by atoms with Crippen LogP contribution in [0.15, 0.2) is 101 Å². The van der Waals surface area contributed by atoms with E-state index in [2.05, 4.69) is 15.5 Å². The Morgan fingerprint density at radius 3 is 2.12 bits per heavy atom. The van der Waals surface area contributed by atoms with Crippen LogP contribution in [0.2, 0.25) is 0 Å². The first-order valence-corrected chi connectivity index (χ1v) is 12.9. The van der Waals surface area contributed by atoms with Crippen molar-refractivity contribution in [1.82, 2.24) is 20.1 Å². The van der Waals surface area contributed by atoms with Crippen molar-refractivity contribution in [2.24, 2.45) is 0 Å². The number of nitrogens with one attached hydrogen (secondary N) is 1. The van der Waals surface area contributed by atoms with E-state index in [9.17, 15) is 13.2 Å². The minimum atomic E-state index is -3.44. The Morgan fingerprint density at radius 1 is 0.848 bits per heavy atom. The van der Waals surface area contributed by atoms with Crippen molar-refractivity contribution in [3.63, 3.8) is 0 Å². The first kappa shape index (κ1) is 22.8. The van der Waals surface area contributed by atoms with Crippen LogP contribution in [0.4, 0.5) is 0 Å². The van der Waals surface area contributed by atoms with Crippen LogP contribution in [0.25, 0.3) is 17.1 Å². The van der Waals surface area contributed by atoms with Gasteiger partial charge in [-0.2, -0.15) is 0 Å². The molecule has 1 N–H and O–H groups in total. The lowest BCUT2D eigenvalue weighted by molar-refractivity contribution is -0.118. The van der Waals surface area contributed by atoms with Crippen LogP contribution in [-0.2, 0) is 14.6 Å². The van der Waals surface area contributed by atoms with Crippen molar-refractivity contribution in [1.29, 1.82) is 0 Å². The van der Waals surface area contributed by atoms with Crippen molar-refractivity contribution >= 4 is 27.5 Å². The number of sulfone groups is 1. The molecule has 3 aromatic carbocycles. The molecule has 7 nitrogen and oxygen atoms in total. The molecule has 0 aliphatic rings. The molecule has 0 aliphatic carbocycles. The molecule has 0 saturated carbocycles. The quantitative estimate of drug-likeness (QED) is 0.369. The highest BCUT2D eigenvalue weighted by Gasteiger charge is 2.18. The number of aromatic nitrogens is 3. The van der Waals surface area contributed by atoms with Crippen molar-refractivity contribution in [2.75, 3.05) is 18.1 Å². The molecule has 0 bridgehead atoms. The molecule has 0 fully saturated rings. The van der Waals surface area contributed by atoms with Crippen molar-refractivity contribution in [2.45, 2.75) is 10.1 Å². The van der Waals surface area contributed by atoms with Gasteiger partial charge in [-0.05, 0) is 24.3 Å². The number of thioether (sulfide) groups is 1. The van der Waals surface area contributed by atoms with E-state index in [1.54, 1.807) is 30.3 Å². The van der Waals surface area contributed by atoms with E-state index in [4.69, 9.17) is 0 Å². The van der Waals surface area contributed by atoms with E-state index in [1.807, 2.05) is 65.2 Å². The van der Waals surface area contributed by atoms with Gasteiger partial charge in [-0.3, -0.25) is 9.36 Å². The van der Waals surface area contributed by atoms with Crippen molar-refractivity contribution < 1.29 is 13.2 Å². The third kappa shape index (κ3) is 5.68. The second-order valence-electron chi connectivity index (χ2n) is 7.11. The van der Waals surface area contributed by atoms with Crippen molar-refractivity contribution in [3.05, 3.63) is 91.0 Å². The van der Waals surface area contributed by atoms with Gasteiger partial charge in [0.05, 0.1) is 16.4 Å². The van der Waals surface area contributed by atoms with Gasteiger partial charge in [-0.25, -0.2) is 8.42 Å². The monoisotopic (exact) mass is 478 g/mol. The highest BCUT2D eigenvalue weighted by Crippen LogP contribution is 2.27. The Morgan fingerprint density at radius 2 is 1.45 bits per heavy atom. The summed E-state index contributed by atoms with van der Waals surface area (Å²) < 4.78 is 26.6. The minimum absolute atomic E-state index is 0.0390. The maximum absolute atomic E-state index is 12.4. The van der Waals surface area contributed by atoms with Gasteiger partial charge < -0.3 is 5.32 Å². The first-order valence-electron chi connectivity index (χ1n) is 10.3. The maximum atomic E-state index is 12.4. The van der Waals surface area contributed by atoms with Crippen LogP contribution in [0.1, 0.15) is 0 Å². The van der Waals surface area contributed by atoms with Gasteiger partial charge in [0.2, 0.25) is 5.91 Å². The molecule has 0 saturated heterocycles. The van der Waals surface area contributed by atoms with E-state index < -0.39 is 9.84 Å². The topological polar surface area (TPSA) is 93.9 Å². The summed E-state index contributed by atoms with van der Waals surface area (Å²) in [4.78, 5) is 12.6. The molecule has 168 valence electrons. The van der Waals surface area contributed by atoms with Gasteiger partial charge in [0.1, 0.15) is 0 Å². The normalized spacial score (nSPS) is 11.3. The number of carbonyl (C=O) groups is 1. The smallest absolute Gasteiger partial charge is 0.230 e. The Bertz CT molecular complexity index is 1310. The molecule has 1 aromatic heterocycles. The summed E-state index contributed by atoms with van der Waals surface area (Å²) in [7, 11) is -3.44. The molecule has 4 aromatic rings. The third-order valence-electron chi connectivity index (χ3n) is 4.81. The number of hydrogen-bond donors (Lipinski definition) is 1. The predicted molar refractivity (Wildman–Crippen MR) is 129 cm³/mol. The summed E-state index contributed by atoms with van der Waals surface area (Å²) in [5.74, 6) is 0.336. The van der Waals surface area contributed by atoms with Crippen LogP contribution < -0.4 is 5.32 Å². The molecule has 1 heterocycles. The molecular formula is C24H22N4O3S2. The average Bonchev–Trinajstić information content (AvgIpc) is 3.28. The molecule has 1 amide bonds. The van der Waals surface area contributed by atoms with Crippen LogP contribution in [-0.4, -0.2) is 47.1 Å². The maximum Gasteiger partial charge on any atom is 0.230 e. The van der Waals surface area contributed by atoms with E-state index in [1.165, 1.54) is 11.8 Å². The summed E-state index contributed by atoms with van der Waals surface area (Å²) in [6.07, 6.45) is 0. The van der Waals surface area contributed by atoms with Crippen LogP contribution in [0, 0.1) is 0 Å². The van der Waals surface area contributed by atoms with Crippen LogP contribution in [0.3, 0.4) is 0 Å². The van der Waals surface area contributed by atoms with Crippen LogP contribution in [0.5, 0.6) is 0 Å². The lowest BCUT2D eigenvalue weighted by Crippen LogP contribution is -2.30. The summed E-state index contributed by atoms with van der Waals surface area (Å²) in [6.45, 7) is 0.0390. The molecule has 0 aliphatic heterocycles. The highest BCUT2D eigenvalue weighted by molar-refractivity contribution is 7.99. The number of carbonyl (C=O) groups excluding carboxylic acids is 1. The number of hydrogen-bond acceptors (Lipinski definition) is 6. The molecule has 9 heteroatoms. The summed E-state index contributed by atoms with van der Waals surface area (Å²) in [6, 6.07) is 27.6. The van der Waals surface area contributed by atoms with Gasteiger partial charge in [0.25, 0.3) is 0 Å². The summed E-state index contributed by atoms with van der Waals surface area (Å²) in [5, 5.41) is 11.9. The number of amides is 1. The summed E-state index contributed by atoms with van der Waals surface area (Å²) in [5.41, 5.74) is 1.80. The van der Waals surface area contributed by atoms with Crippen molar-refractivity contribution in [3.8, 4) is 17.1 Å². The molecule has 0 atom stereocenters. The lowest BCUT2D eigenvalue weighted by atomic mass is 10.2. The zero-order chi connectivity index (χ0) is 23.1. The minimum Gasteiger partial charge on any atom is -0.354 e.